The van der Waals surface area contributed by atoms with Crippen molar-refractivity contribution in [2.24, 2.45) is 5.41 Å². The van der Waals surface area contributed by atoms with Crippen LogP contribution in [0.25, 0.3) is 11.0 Å². The van der Waals surface area contributed by atoms with Crippen molar-refractivity contribution in [1.82, 2.24) is 9.55 Å². The number of anilines is 1. The monoisotopic (exact) mass is 268 g/mol. The van der Waals surface area contributed by atoms with E-state index in [0.717, 1.165) is 23.9 Å². The lowest BCUT2D eigenvalue weighted by atomic mass is 9.75. The number of fused-ring (bicyclic) bond motifs is 1. The fraction of sp³-hybridized carbons (Fsp3) is 0.500. The van der Waals surface area contributed by atoms with Crippen LogP contribution in [0.5, 0.6) is 0 Å². The van der Waals surface area contributed by atoms with E-state index in [2.05, 4.69) is 29.5 Å². The first-order valence-electron chi connectivity index (χ1n) is 7.18. The zero-order valence-electron chi connectivity index (χ0n) is 12.1. The van der Waals surface area contributed by atoms with E-state index in [0.29, 0.717) is 23.0 Å². The molecule has 1 aromatic heterocycles. The average molecular weight is 268 g/mol. The first kappa shape index (κ1) is 13.0. The molecule has 20 heavy (non-hydrogen) atoms. The smallest absolute Gasteiger partial charge is 0.201 e. The predicted octanol–water partition coefficient (Wildman–Crippen LogP) is 3.63. The number of hydrogen-bond donors (Lipinski definition) is 1. The van der Waals surface area contributed by atoms with Crippen LogP contribution in [0.2, 0.25) is 0 Å². The molecule has 0 radical (unpaired) electrons. The lowest BCUT2D eigenvalue weighted by Crippen LogP contribution is -2.25. The summed E-state index contributed by atoms with van der Waals surface area (Å²) in [5, 5.41) is 9.19. The average Bonchev–Trinajstić information content (AvgIpc) is 2.73. The fourth-order valence-corrected chi connectivity index (χ4v) is 3.49. The third kappa shape index (κ3) is 2.03. The molecule has 1 aromatic carbocycles. The van der Waals surface area contributed by atoms with Gasteiger partial charge in [0.1, 0.15) is 11.6 Å². The maximum absolute atomic E-state index is 9.19. The fourth-order valence-electron chi connectivity index (χ4n) is 3.49. The van der Waals surface area contributed by atoms with Gasteiger partial charge in [0, 0.05) is 6.04 Å². The molecule has 1 aliphatic carbocycles. The minimum Gasteiger partial charge on any atom is -0.369 e. The molecule has 2 aromatic rings. The van der Waals surface area contributed by atoms with Crippen molar-refractivity contribution in [1.29, 1.82) is 5.26 Å². The van der Waals surface area contributed by atoms with Crippen molar-refractivity contribution < 1.29 is 0 Å². The van der Waals surface area contributed by atoms with Crippen molar-refractivity contribution in [2.75, 3.05) is 5.73 Å². The molecule has 4 heteroatoms. The Hall–Kier alpha value is -2.02. The van der Waals surface area contributed by atoms with Gasteiger partial charge in [0.2, 0.25) is 5.95 Å². The molecule has 1 saturated carbocycles. The largest absolute Gasteiger partial charge is 0.369 e. The van der Waals surface area contributed by atoms with Crippen LogP contribution in [0, 0.1) is 16.7 Å². The van der Waals surface area contributed by atoms with Gasteiger partial charge in [-0.05, 0) is 36.8 Å². The van der Waals surface area contributed by atoms with E-state index in [9.17, 15) is 5.26 Å². The predicted molar refractivity (Wildman–Crippen MR) is 80.1 cm³/mol. The number of hydrogen-bond acceptors (Lipinski definition) is 3. The van der Waals surface area contributed by atoms with Gasteiger partial charge in [0.25, 0.3) is 0 Å². The van der Waals surface area contributed by atoms with E-state index in [1.54, 1.807) is 6.07 Å². The van der Waals surface area contributed by atoms with Gasteiger partial charge in [0.15, 0.2) is 0 Å². The second-order valence-corrected chi connectivity index (χ2v) is 6.54. The quantitative estimate of drug-likeness (QED) is 0.858. The number of nitrogen functional groups attached to an aromatic ring is 1. The molecule has 4 nitrogen and oxygen atoms in total. The third-order valence-corrected chi connectivity index (χ3v) is 4.41. The third-order valence-electron chi connectivity index (χ3n) is 4.41. The van der Waals surface area contributed by atoms with Gasteiger partial charge in [0.05, 0.1) is 11.1 Å². The van der Waals surface area contributed by atoms with Crippen LogP contribution >= 0.6 is 0 Å². The molecular formula is C16H20N4. The minimum atomic E-state index is 0.346. The number of nitrogens with zero attached hydrogens (tertiary/aromatic N) is 3. The summed E-state index contributed by atoms with van der Waals surface area (Å²) in [4.78, 5) is 4.43. The Labute approximate surface area is 119 Å². The van der Waals surface area contributed by atoms with Gasteiger partial charge in [-0.1, -0.05) is 26.3 Å². The van der Waals surface area contributed by atoms with E-state index in [4.69, 9.17) is 5.73 Å². The summed E-state index contributed by atoms with van der Waals surface area (Å²) < 4.78 is 2.14. The Morgan fingerprint density at radius 3 is 2.95 bits per heavy atom. The minimum absolute atomic E-state index is 0.346. The molecule has 1 unspecified atom stereocenters. The van der Waals surface area contributed by atoms with Crippen LogP contribution in [0.1, 0.15) is 51.1 Å². The van der Waals surface area contributed by atoms with E-state index in [-0.39, 0.29) is 0 Å². The van der Waals surface area contributed by atoms with Gasteiger partial charge < -0.3 is 10.3 Å². The lowest BCUT2D eigenvalue weighted by molar-refractivity contribution is 0.187. The zero-order valence-corrected chi connectivity index (χ0v) is 12.1. The first-order valence-corrected chi connectivity index (χ1v) is 7.18. The molecule has 0 spiro atoms. The second-order valence-electron chi connectivity index (χ2n) is 6.54. The van der Waals surface area contributed by atoms with Crippen molar-refractivity contribution >= 4 is 17.0 Å². The van der Waals surface area contributed by atoms with Crippen molar-refractivity contribution in [2.45, 2.75) is 45.6 Å². The summed E-state index contributed by atoms with van der Waals surface area (Å²) in [6.07, 6.45) is 4.73. The number of nitriles is 1. The highest BCUT2D eigenvalue weighted by Gasteiger charge is 2.30. The number of benzene rings is 1. The van der Waals surface area contributed by atoms with Crippen molar-refractivity contribution in [3.8, 4) is 6.07 Å². The van der Waals surface area contributed by atoms with E-state index in [1.807, 2.05) is 12.1 Å². The standard InChI is InChI=1S/C16H20N4/c1-16(2)8-4-6-12(9-16)20-13-7-3-5-11(10-17)14(13)19-15(20)18/h3,5,7,12H,4,6,8-9H2,1-2H3,(H2,18,19). The molecular weight excluding hydrogens is 248 g/mol. The highest BCUT2D eigenvalue weighted by atomic mass is 15.2. The molecule has 0 aliphatic heterocycles. The van der Waals surface area contributed by atoms with E-state index >= 15 is 0 Å². The summed E-state index contributed by atoms with van der Waals surface area (Å²) in [5.41, 5.74) is 8.81. The molecule has 0 bridgehead atoms. The number of rotatable bonds is 1. The lowest BCUT2D eigenvalue weighted by Gasteiger charge is -2.36. The van der Waals surface area contributed by atoms with Crippen LogP contribution in [-0.4, -0.2) is 9.55 Å². The molecule has 104 valence electrons. The topological polar surface area (TPSA) is 67.6 Å². The van der Waals surface area contributed by atoms with Crippen LogP contribution in [-0.2, 0) is 0 Å². The van der Waals surface area contributed by atoms with Gasteiger partial charge in [-0.3, -0.25) is 0 Å². The Bertz CT molecular complexity index is 690. The van der Waals surface area contributed by atoms with Crippen LogP contribution in [0.15, 0.2) is 18.2 Å². The van der Waals surface area contributed by atoms with Crippen LogP contribution in [0.3, 0.4) is 0 Å². The van der Waals surface area contributed by atoms with Gasteiger partial charge in [-0.2, -0.15) is 5.26 Å². The van der Waals surface area contributed by atoms with Gasteiger partial charge in [-0.15, -0.1) is 0 Å². The summed E-state index contributed by atoms with van der Waals surface area (Å²) >= 11 is 0. The highest BCUT2D eigenvalue weighted by molar-refractivity contribution is 5.84. The molecule has 3 rings (SSSR count). The molecule has 1 fully saturated rings. The SMILES string of the molecule is CC1(C)CCCC(n2c(N)nc3c(C#N)cccc32)C1. The number of para-hydroxylation sites is 1. The molecule has 0 saturated heterocycles. The summed E-state index contributed by atoms with van der Waals surface area (Å²) in [6, 6.07) is 8.30. The second kappa shape index (κ2) is 4.52. The molecule has 2 N–H and O–H groups in total. The van der Waals surface area contributed by atoms with Crippen molar-refractivity contribution in [3.05, 3.63) is 23.8 Å². The number of imidazole rings is 1. The summed E-state index contributed by atoms with van der Waals surface area (Å²) in [5.74, 6) is 0.533. The highest BCUT2D eigenvalue weighted by Crippen LogP contribution is 2.43. The maximum Gasteiger partial charge on any atom is 0.201 e. The number of aromatic nitrogens is 2. The zero-order chi connectivity index (χ0) is 14.3. The van der Waals surface area contributed by atoms with Crippen LogP contribution < -0.4 is 5.73 Å². The maximum atomic E-state index is 9.19. The van der Waals surface area contributed by atoms with Gasteiger partial charge in [-0.25, -0.2) is 4.98 Å². The Kier molecular flexibility index (Phi) is 2.93. The molecule has 1 aliphatic rings. The van der Waals surface area contributed by atoms with E-state index < -0.39 is 0 Å². The van der Waals surface area contributed by atoms with E-state index in [1.165, 1.54) is 12.8 Å². The molecule has 1 heterocycles. The Morgan fingerprint density at radius 2 is 2.25 bits per heavy atom. The Balaban J connectivity index is 2.12. The summed E-state index contributed by atoms with van der Waals surface area (Å²) in [7, 11) is 0. The van der Waals surface area contributed by atoms with Gasteiger partial charge >= 0.3 is 0 Å². The molecule has 0 amide bonds. The Morgan fingerprint density at radius 1 is 1.45 bits per heavy atom. The summed E-state index contributed by atoms with van der Waals surface area (Å²) in [6.45, 7) is 4.63. The molecule has 1 atom stereocenters. The number of nitrogens with two attached hydrogens (primary N) is 1. The normalized spacial score (nSPS) is 21.8. The van der Waals surface area contributed by atoms with Crippen molar-refractivity contribution in [3.63, 3.8) is 0 Å². The van der Waals surface area contributed by atoms with Crippen LogP contribution in [0.4, 0.5) is 5.95 Å². The first-order chi connectivity index (χ1) is 9.52.